The zero-order chi connectivity index (χ0) is 12.5. The molecule has 0 aliphatic heterocycles. The van der Waals surface area contributed by atoms with Crippen molar-refractivity contribution in [3.8, 4) is 11.8 Å². The van der Waals surface area contributed by atoms with Crippen molar-refractivity contribution in [2.24, 2.45) is 0 Å². The zero-order valence-electron chi connectivity index (χ0n) is 9.74. The first-order chi connectivity index (χ1) is 8.78. The number of methoxy groups -OCH3 is 1. The van der Waals surface area contributed by atoms with Crippen LogP contribution in [0.5, 0.6) is 5.88 Å². The second kappa shape index (κ2) is 3.99. The summed E-state index contributed by atoms with van der Waals surface area (Å²) in [6.07, 6.45) is 3.37. The summed E-state index contributed by atoms with van der Waals surface area (Å²) in [7, 11) is 1.56. The molecule has 0 fully saturated rings. The van der Waals surface area contributed by atoms with Crippen molar-refractivity contribution in [1.29, 1.82) is 0 Å². The number of aromatic nitrogens is 4. The lowest BCUT2D eigenvalue weighted by Crippen LogP contribution is -2.03. The van der Waals surface area contributed by atoms with Crippen LogP contribution in [0.25, 0.3) is 16.9 Å². The van der Waals surface area contributed by atoms with Crippen molar-refractivity contribution < 1.29 is 4.74 Å². The molecule has 0 saturated carbocycles. The minimum absolute atomic E-state index is 0.454. The Morgan fingerprint density at radius 1 is 1.28 bits per heavy atom. The minimum Gasteiger partial charge on any atom is -0.481 e. The van der Waals surface area contributed by atoms with E-state index in [1.165, 1.54) is 0 Å². The largest absolute Gasteiger partial charge is 0.481 e. The molecule has 90 valence electrons. The van der Waals surface area contributed by atoms with Gasteiger partial charge in [0.15, 0.2) is 0 Å². The second-order valence-electron chi connectivity index (χ2n) is 3.77. The maximum Gasteiger partial charge on any atom is 0.254 e. The first-order valence-corrected chi connectivity index (χ1v) is 5.38. The number of hydrogen-bond acceptors (Lipinski definition) is 5. The lowest BCUT2D eigenvalue weighted by molar-refractivity contribution is 0.395. The van der Waals surface area contributed by atoms with Gasteiger partial charge in [-0.25, -0.2) is 4.98 Å². The van der Waals surface area contributed by atoms with Crippen LogP contribution in [0.1, 0.15) is 0 Å². The third-order valence-electron chi connectivity index (χ3n) is 2.61. The van der Waals surface area contributed by atoms with E-state index in [4.69, 9.17) is 10.5 Å². The van der Waals surface area contributed by atoms with Crippen molar-refractivity contribution in [2.45, 2.75) is 0 Å². The highest BCUT2D eigenvalue weighted by molar-refractivity contribution is 5.82. The Morgan fingerprint density at radius 2 is 2.17 bits per heavy atom. The summed E-state index contributed by atoms with van der Waals surface area (Å²) in [4.78, 5) is 8.42. The highest BCUT2D eigenvalue weighted by Crippen LogP contribution is 2.19. The molecule has 0 spiro atoms. The number of nitrogens with two attached hydrogens (primary N) is 1. The van der Waals surface area contributed by atoms with Gasteiger partial charge in [-0.1, -0.05) is 0 Å². The number of anilines is 1. The molecule has 0 saturated heterocycles. The van der Waals surface area contributed by atoms with Gasteiger partial charge in [0, 0.05) is 23.3 Å². The van der Waals surface area contributed by atoms with Gasteiger partial charge in [-0.2, -0.15) is 14.8 Å². The van der Waals surface area contributed by atoms with E-state index in [-0.39, 0.29) is 0 Å². The van der Waals surface area contributed by atoms with Gasteiger partial charge in [0.05, 0.1) is 18.8 Å². The molecule has 2 N–H and O–H groups in total. The standard InChI is InChI=1S/C12H11N5O/c1-18-11-4-5-14-12(16-11)17-10-6-9(13)3-2-8(10)7-15-17/h2-7H,13H2,1H3. The van der Waals surface area contributed by atoms with Gasteiger partial charge in [0.1, 0.15) is 0 Å². The summed E-state index contributed by atoms with van der Waals surface area (Å²) in [5, 5.41) is 5.24. The Hall–Kier alpha value is -2.63. The Morgan fingerprint density at radius 3 is 3.00 bits per heavy atom. The van der Waals surface area contributed by atoms with Crippen LogP contribution in [-0.2, 0) is 0 Å². The molecule has 0 atom stereocenters. The topological polar surface area (TPSA) is 78.8 Å². The molecule has 3 rings (SSSR count). The lowest BCUT2D eigenvalue weighted by Gasteiger charge is -2.03. The van der Waals surface area contributed by atoms with Gasteiger partial charge in [-0.05, 0) is 18.2 Å². The van der Waals surface area contributed by atoms with Crippen molar-refractivity contribution in [2.75, 3.05) is 12.8 Å². The van der Waals surface area contributed by atoms with Crippen molar-refractivity contribution in [1.82, 2.24) is 19.7 Å². The molecular weight excluding hydrogens is 230 g/mol. The van der Waals surface area contributed by atoms with Gasteiger partial charge in [0.25, 0.3) is 5.95 Å². The first-order valence-electron chi connectivity index (χ1n) is 5.38. The van der Waals surface area contributed by atoms with Crippen LogP contribution < -0.4 is 10.5 Å². The quantitative estimate of drug-likeness (QED) is 0.686. The summed E-state index contributed by atoms with van der Waals surface area (Å²) >= 11 is 0. The van der Waals surface area contributed by atoms with Crippen molar-refractivity contribution >= 4 is 16.6 Å². The van der Waals surface area contributed by atoms with Crippen LogP contribution in [-0.4, -0.2) is 26.9 Å². The van der Waals surface area contributed by atoms with E-state index in [1.54, 1.807) is 30.3 Å². The first kappa shape index (κ1) is 10.5. The number of nitrogen functional groups attached to an aromatic ring is 1. The van der Waals surface area contributed by atoms with Gasteiger partial charge in [-0.15, -0.1) is 0 Å². The molecule has 0 aliphatic carbocycles. The van der Waals surface area contributed by atoms with E-state index in [2.05, 4.69) is 15.1 Å². The van der Waals surface area contributed by atoms with Gasteiger partial charge in [-0.3, -0.25) is 0 Å². The molecule has 0 bridgehead atoms. The molecule has 2 aromatic heterocycles. The summed E-state index contributed by atoms with van der Waals surface area (Å²) in [5.74, 6) is 0.947. The molecular formula is C12H11N5O. The van der Waals surface area contributed by atoms with Crippen LogP contribution in [0.4, 0.5) is 5.69 Å². The predicted molar refractivity (Wildman–Crippen MR) is 67.6 cm³/mol. The fraction of sp³-hybridized carbons (Fsp3) is 0.0833. The maximum atomic E-state index is 5.78. The second-order valence-corrected chi connectivity index (χ2v) is 3.77. The van der Waals surface area contributed by atoms with Crippen molar-refractivity contribution in [3.05, 3.63) is 36.7 Å². The SMILES string of the molecule is COc1ccnc(-n2ncc3ccc(N)cc32)n1. The molecule has 6 heteroatoms. The average Bonchev–Trinajstić information content (AvgIpc) is 2.81. The number of rotatable bonds is 2. The molecule has 6 nitrogen and oxygen atoms in total. The Kier molecular flexibility index (Phi) is 2.33. The summed E-state index contributed by atoms with van der Waals surface area (Å²) in [5.41, 5.74) is 7.32. The van der Waals surface area contributed by atoms with Crippen LogP contribution in [0, 0.1) is 0 Å². The van der Waals surface area contributed by atoms with Crippen LogP contribution in [0.2, 0.25) is 0 Å². The molecule has 18 heavy (non-hydrogen) atoms. The fourth-order valence-corrected chi connectivity index (χ4v) is 1.74. The maximum absolute atomic E-state index is 5.78. The third-order valence-corrected chi connectivity index (χ3v) is 2.61. The van der Waals surface area contributed by atoms with E-state index < -0.39 is 0 Å². The average molecular weight is 241 g/mol. The normalized spacial score (nSPS) is 10.7. The number of hydrogen-bond donors (Lipinski definition) is 1. The third kappa shape index (κ3) is 1.64. The Labute approximate surface area is 103 Å². The van der Waals surface area contributed by atoms with Gasteiger partial charge in [0.2, 0.25) is 5.88 Å². The van der Waals surface area contributed by atoms with Crippen LogP contribution >= 0.6 is 0 Å². The molecule has 0 aliphatic rings. The Balaban J connectivity index is 2.21. The van der Waals surface area contributed by atoms with E-state index in [1.807, 2.05) is 18.2 Å². The number of nitrogens with zero attached hydrogens (tertiary/aromatic N) is 4. The van der Waals surface area contributed by atoms with E-state index >= 15 is 0 Å². The summed E-state index contributed by atoms with van der Waals surface area (Å²) in [6.45, 7) is 0. The van der Waals surface area contributed by atoms with E-state index in [0.717, 1.165) is 10.9 Å². The fourth-order valence-electron chi connectivity index (χ4n) is 1.74. The molecule has 2 heterocycles. The Bertz CT molecular complexity index is 707. The van der Waals surface area contributed by atoms with Gasteiger partial charge >= 0.3 is 0 Å². The molecule has 1 aromatic carbocycles. The highest BCUT2D eigenvalue weighted by atomic mass is 16.5. The monoisotopic (exact) mass is 241 g/mol. The van der Waals surface area contributed by atoms with Crippen LogP contribution in [0.3, 0.4) is 0 Å². The number of benzene rings is 1. The highest BCUT2D eigenvalue weighted by Gasteiger charge is 2.08. The number of fused-ring (bicyclic) bond motifs is 1. The zero-order valence-corrected chi connectivity index (χ0v) is 9.74. The minimum atomic E-state index is 0.454. The van der Waals surface area contributed by atoms with E-state index in [9.17, 15) is 0 Å². The molecule has 0 radical (unpaired) electrons. The van der Waals surface area contributed by atoms with Gasteiger partial charge < -0.3 is 10.5 Å². The van der Waals surface area contributed by atoms with Crippen molar-refractivity contribution in [3.63, 3.8) is 0 Å². The summed E-state index contributed by atoms with van der Waals surface area (Å²) in [6, 6.07) is 7.27. The summed E-state index contributed by atoms with van der Waals surface area (Å²) < 4.78 is 6.70. The smallest absolute Gasteiger partial charge is 0.254 e. The predicted octanol–water partition coefficient (Wildman–Crippen LogP) is 1.41. The molecule has 0 amide bonds. The van der Waals surface area contributed by atoms with Crippen LogP contribution in [0.15, 0.2) is 36.7 Å². The lowest BCUT2D eigenvalue weighted by atomic mass is 10.2. The number of ether oxygens (including phenoxy) is 1. The molecule has 3 aromatic rings. The van der Waals surface area contributed by atoms with E-state index in [0.29, 0.717) is 17.5 Å². The molecule has 0 unspecified atom stereocenters.